The number of hydrogen-bond acceptors (Lipinski definition) is 3. The zero-order valence-electron chi connectivity index (χ0n) is 15.5. The van der Waals surface area contributed by atoms with Crippen LogP contribution in [0.4, 0.5) is 14.9 Å². The van der Waals surface area contributed by atoms with Gasteiger partial charge in [-0.15, -0.1) is 0 Å². The number of piperidine rings is 1. The Morgan fingerprint density at radius 2 is 1.68 bits per heavy atom. The number of amides is 2. The van der Waals surface area contributed by atoms with E-state index >= 15 is 0 Å². The molecule has 0 spiro atoms. The first-order valence-corrected chi connectivity index (χ1v) is 10.8. The van der Waals surface area contributed by atoms with Gasteiger partial charge in [-0.25, -0.2) is 17.6 Å². The van der Waals surface area contributed by atoms with Crippen LogP contribution in [0.3, 0.4) is 0 Å². The fourth-order valence-corrected chi connectivity index (χ4v) is 4.84. The number of para-hydroxylation sites is 1. The average molecular weight is 405 g/mol. The van der Waals surface area contributed by atoms with E-state index in [9.17, 15) is 17.6 Å². The van der Waals surface area contributed by atoms with Crippen LogP contribution in [0.2, 0.25) is 0 Å². The van der Waals surface area contributed by atoms with E-state index in [0.29, 0.717) is 26.1 Å². The number of sulfonamides is 1. The molecule has 0 radical (unpaired) electrons. The third kappa shape index (κ3) is 5.08. The van der Waals surface area contributed by atoms with Crippen molar-refractivity contribution in [2.45, 2.75) is 30.6 Å². The molecule has 1 heterocycles. The summed E-state index contributed by atoms with van der Waals surface area (Å²) in [5, 5.41) is 5.34. The fourth-order valence-electron chi connectivity index (χ4n) is 3.18. The molecule has 0 aliphatic carbocycles. The van der Waals surface area contributed by atoms with Gasteiger partial charge in [-0.05, 0) is 49.1 Å². The zero-order chi connectivity index (χ0) is 20.0. The third-order valence-electron chi connectivity index (χ3n) is 4.68. The largest absolute Gasteiger partial charge is 0.338 e. The van der Waals surface area contributed by atoms with Crippen LogP contribution in [-0.4, -0.2) is 38.4 Å². The topological polar surface area (TPSA) is 78.5 Å². The van der Waals surface area contributed by atoms with Crippen molar-refractivity contribution >= 4 is 21.7 Å². The molecule has 0 unspecified atom stereocenters. The van der Waals surface area contributed by atoms with Crippen LogP contribution in [0.15, 0.2) is 53.4 Å². The molecule has 0 aromatic heterocycles. The maximum Gasteiger partial charge on any atom is 0.319 e. The third-order valence-corrected chi connectivity index (χ3v) is 6.64. The van der Waals surface area contributed by atoms with E-state index in [1.807, 2.05) is 0 Å². The number of urea groups is 1. The maximum atomic E-state index is 12.9. The summed E-state index contributed by atoms with van der Waals surface area (Å²) in [7, 11) is -3.65. The molecule has 0 saturated carbocycles. The van der Waals surface area contributed by atoms with Gasteiger partial charge in [0.05, 0.1) is 5.69 Å². The highest BCUT2D eigenvalue weighted by Gasteiger charge is 2.28. The van der Waals surface area contributed by atoms with E-state index in [4.69, 9.17) is 0 Å². The first-order chi connectivity index (χ1) is 13.5. The lowest BCUT2D eigenvalue weighted by Crippen LogP contribution is -2.36. The molecule has 2 N–H and O–H groups in total. The SMILES string of the molecule is O=C(NCCc1ccc(F)cc1)Nc1ccccc1S(=O)(=O)N1CCCCC1. The van der Waals surface area contributed by atoms with E-state index in [2.05, 4.69) is 10.6 Å². The molecule has 28 heavy (non-hydrogen) atoms. The zero-order valence-corrected chi connectivity index (χ0v) is 16.3. The highest BCUT2D eigenvalue weighted by Crippen LogP contribution is 2.26. The Morgan fingerprint density at radius 3 is 2.39 bits per heavy atom. The number of anilines is 1. The number of nitrogens with one attached hydrogen (secondary N) is 2. The van der Waals surface area contributed by atoms with Gasteiger partial charge in [0, 0.05) is 19.6 Å². The van der Waals surface area contributed by atoms with Crippen molar-refractivity contribution in [1.29, 1.82) is 0 Å². The molecule has 0 bridgehead atoms. The molecule has 2 aromatic carbocycles. The lowest BCUT2D eigenvalue weighted by molar-refractivity contribution is 0.252. The maximum absolute atomic E-state index is 12.9. The molecule has 150 valence electrons. The number of hydrogen-bond donors (Lipinski definition) is 2. The lowest BCUT2D eigenvalue weighted by atomic mass is 10.1. The molecule has 2 aromatic rings. The smallest absolute Gasteiger partial charge is 0.319 e. The second-order valence-electron chi connectivity index (χ2n) is 6.72. The highest BCUT2D eigenvalue weighted by molar-refractivity contribution is 7.89. The van der Waals surface area contributed by atoms with Crippen LogP contribution >= 0.6 is 0 Å². The van der Waals surface area contributed by atoms with E-state index < -0.39 is 16.1 Å². The summed E-state index contributed by atoms with van der Waals surface area (Å²) in [6, 6.07) is 12.0. The summed E-state index contributed by atoms with van der Waals surface area (Å²) in [5.74, 6) is -0.305. The quantitative estimate of drug-likeness (QED) is 0.774. The van der Waals surface area contributed by atoms with E-state index in [1.165, 1.54) is 22.5 Å². The number of benzene rings is 2. The molecule has 3 rings (SSSR count). The van der Waals surface area contributed by atoms with Gasteiger partial charge in [0.25, 0.3) is 0 Å². The molecule has 1 aliphatic heterocycles. The second kappa shape index (κ2) is 9.16. The Balaban J connectivity index is 1.62. The Morgan fingerprint density at radius 1 is 1.00 bits per heavy atom. The van der Waals surface area contributed by atoms with E-state index in [-0.39, 0.29) is 16.4 Å². The number of carbonyl (C=O) groups excluding carboxylic acids is 1. The van der Waals surface area contributed by atoms with Crippen molar-refractivity contribution in [3.8, 4) is 0 Å². The van der Waals surface area contributed by atoms with Gasteiger partial charge in [0.1, 0.15) is 10.7 Å². The Bertz CT molecular complexity index is 911. The predicted octanol–water partition coefficient (Wildman–Crippen LogP) is 3.36. The normalized spacial score (nSPS) is 15.2. The minimum Gasteiger partial charge on any atom is -0.338 e. The molecule has 6 nitrogen and oxygen atoms in total. The molecule has 8 heteroatoms. The van der Waals surface area contributed by atoms with Crippen LogP contribution < -0.4 is 10.6 Å². The fraction of sp³-hybridized carbons (Fsp3) is 0.350. The van der Waals surface area contributed by atoms with Crippen molar-refractivity contribution in [1.82, 2.24) is 9.62 Å². The first kappa shape index (κ1) is 20.3. The highest BCUT2D eigenvalue weighted by atomic mass is 32.2. The van der Waals surface area contributed by atoms with Crippen LogP contribution in [0, 0.1) is 5.82 Å². The van der Waals surface area contributed by atoms with Gasteiger partial charge in [-0.3, -0.25) is 0 Å². The molecule has 1 saturated heterocycles. The number of rotatable bonds is 6. The summed E-state index contributed by atoms with van der Waals surface area (Å²) in [6.45, 7) is 1.35. The Hall–Kier alpha value is -2.45. The lowest BCUT2D eigenvalue weighted by Gasteiger charge is -2.26. The summed E-state index contributed by atoms with van der Waals surface area (Å²) in [4.78, 5) is 12.3. The Kier molecular flexibility index (Phi) is 6.64. The molecule has 1 aliphatic rings. The first-order valence-electron chi connectivity index (χ1n) is 9.35. The van der Waals surface area contributed by atoms with Crippen LogP contribution in [0.5, 0.6) is 0 Å². The minimum absolute atomic E-state index is 0.102. The monoisotopic (exact) mass is 405 g/mol. The number of carbonyl (C=O) groups is 1. The number of nitrogens with zero attached hydrogens (tertiary/aromatic N) is 1. The van der Waals surface area contributed by atoms with Crippen molar-refractivity contribution in [2.75, 3.05) is 25.0 Å². The second-order valence-corrected chi connectivity index (χ2v) is 8.62. The van der Waals surface area contributed by atoms with Gasteiger partial charge < -0.3 is 10.6 Å². The Labute approximate surface area is 164 Å². The van der Waals surface area contributed by atoms with Gasteiger partial charge in [0.15, 0.2) is 0 Å². The van der Waals surface area contributed by atoms with Crippen molar-refractivity contribution in [3.05, 3.63) is 59.9 Å². The van der Waals surface area contributed by atoms with Crippen LogP contribution in [0.1, 0.15) is 24.8 Å². The van der Waals surface area contributed by atoms with E-state index in [0.717, 1.165) is 24.8 Å². The van der Waals surface area contributed by atoms with Crippen molar-refractivity contribution in [2.24, 2.45) is 0 Å². The van der Waals surface area contributed by atoms with Gasteiger partial charge in [-0.2, -0.15) is 4.31 Å². The summed E-state index contributed by atoms with van der Waals surface area (Å²) < 4.78 is 40.3. The van der Waals surface area contributed by atoms with E-state index in [1.54, 1.807) is 30.3 Å². The van der Waals surface area contributed by atoms with Crippen LogP contribution in [0.25, 0.3) is 0 Å². The van der Waals surface area contributed by atoms with Gasteiger partial charge in [-0.1, -0.05) is 30.7 Å². The summed E-state index contributed by atoms with van der Waals surface area (Å²) in [6.07, 6.45) is 3.27. The minimum atomic E-state index is -3.65. The molecular formula is C20H24FN3O3S. The molecule has 1 fully saturated rings. The van der Waals surface area contributed by atoms with Gasteiger partial charge >= 0.3 is 6.03 Å². The summed E-state index contributed by atoms with van der Waals surface area (Å²) in [5.41, 5.74) is 1.15. The average Bonchev–Trinajstić information content (AvgIpc) is 2.70. The summed E-state index contributed by atoms with van der Waals surface area (Å²) >= 11 is 0. The standard InChI is InChI=1S/C20H24FN3O3S/c21-17-10-8-16(9-11-17)12-13-22-20(25)23-18-6-2-3-7-19(18)28(26,27)24-14-4-1-5-15-24/h2-3,6-11H,1,4-5,12-15H2,(H2,22,23,25). The van der Waals surface area contributed by atoms with Gasteiger partial charge in [0.2, 0.25) is 10.0 Å². The van der Waals surface area contributed by atoms with Crippen LogP contribution in [-0.2, 0) is 16.4 Å². The number of halogens is 1. The molecular weight excluding hydrogens is 381 g/mol. The van der Waals surface area contributed by atoms with Crippen molar-refractivity contribution in [3.63, 3.8) is 0 Å². The molecule has 2 amide bonds. The van der Waals surface area contributed by atoms with Crippen molar-refractivity contribution < 1.29 is 17.6 Å². The molecule has 0 atom stereocenters. The predicted molar refractivity (Wildman–Crippen MR) is 106 cm³/mol.